The van der Waals surface area contributed by atoms with Crippen molar-refractivity contribution >= 4 is 27.3 Å². The van der Waals surface area contributed by atoms with E-state index in [1.807, 2.05) is 0 Å². The molecule has 0 bridgehead atoms. The summed E-state index contributed by atoms with van der Waals surface area (Å²) in [6.07, 6.45) is -2.40. The number of nitrogens with zero attached hydrogens (tertiary/aromatic N) is 3. The van der Waals surface area contributed by atoms with Crippen LogP contribution >= 0.6 is 11.6 Å². The fraction of sp³-hybridized carbons (Fsp3) is 0.640. The monoisotopic (exact) mass is 628 g/mol. The number of ether oxygens (including phenoxy) is 1. The van der Waals surface area contributed by atoms with Crippen molar-refractivity contribution in [3.8, 4) is 17.0 Å². The van der Waals surface area contributed by atoms with Crippen LogP contribution in [0.2, 0.25) is 5.02 Å². The molecular weight excluding hydrogens is 596 g/mol. The Morgan fingerprint density at radius 3 is 2.54 bits per heavy atom. The van der Waals surface area contributed by atoms with Gasteiger partial charge in [0.15, 0.2) is 5.69 Å². The molecule has 16 heteroatoms. The fourth-order valence-electron chi connectivity index (χ4n) is 4.64. The summed E-state index contributed by atoms with van der Waals surface area (Å²) in [4.78, 5) is 17.2. The van der Waals surface area contributed by atoms with Crippen molar-refractivity contribution in [1.29, 1.82) is 0 Å². The van der Waals surface area contributed by atoms with Crippen molar-refractivity contribution < 1.29 is 45.7 Å². The lowest BCUT2D eigenvalue weighted by Crippen LogP contribution is -2.56. The molecule has 2 aromatic heterocycles. The molecule has 0 radical (unpaired) electrons. The van der Waals surface area contributed by atoms with Crippen LogP contribution in [-0.2, 0) is 22.8 Å². The summed E-state index contributed by atoms with van der Waals surface area (Å²) in [5.41, 5.74) is -3.60. The van der Waals surface area contributed by atoms with Crippen LogP contribution in [0.25, 0.3) is 11.3 Å². The number of sulfone groups is 1. The highest BCUT2D eigenvalue weighted by molar-refractivity contribution is 7.91. The van der Waals surface area contributed by atoms with Gasteiger partial charge in [-0.1, -0.05) is 25.4 Å². The Bertz CT molecular complexity index is 1370. The number of aryl methyl sites for hydroxylation is 1. The zero-order chi connectivity index (χ0) is 30.9. The maximum atomic E-state index is 13.4. The summed E-state index contributed by atoms with van der Waals surface area (Å²) in [5.74, 6) is -1.26. The molecule has 1 aliphatic carbocycles. The van der Waals surface area contributed by atoms with E-state index in [1.165, 1.54) is 18.5 Å². The average Bonchev–Trinajstić information content (AvgIpc) is 3.19. The van der Waals surface area contributed by atoms with Crippen LogP contribution in [0.5, 0.6) is 5.75 Å². The topological polar surface area (TPSA) is 144 Å². The number of amides is 1. The van der Waals surface area contributed by atoms with Gasteiger partial charge in [0.1, 0.15) is 21.2 Å². The first-order valence-corrected chi connectivity index (χ1v) is 15.1. The number of alkyl halides is 4. The Hall–Kier alpha value is -2.49. The van der Waals surface area contributed by atoms with E-state index in [0.29, 0.717) is 0 Å². The maximum absolute atomic E-state index is 13.4. The number of nitrogens with one attached hydrogen (secondary N) is 1. The second-order valence-electron chi connectivity index (χ2n) is 10.9. The molecule has 0 aromatic carbocycles. The first-order valence-electron chi connectivity index (χ1n) is 12.8. The quantitative estimate of drug-likeness (QED) is 0.321. The number of rotatable bonds is 11. The van der Waals surface area contributed by atoms with E-state index in [1.54, 1.807) is 6.92 Å². The Kier molecular flexibility index (Phi) is 9.98. The van der Waals surface area contributed by atoms with Gasteiger partial charge in [-0.3, -0.25) is 14.5 Å². The molecule has 1 fully saturated rings. The molecular formula is C25H33ClF4N4O6S. The summed E-state index contributed by atoms with van der Waals surface area (Å²) in [5, 5.41) is 26.8. The van der Waals surface area contributed by atoms with Gasteiger partial charge in [0.2, 0.25) is 6.43 Å². The van der Waals surface area contributed by atoms with E-state index in [0.717, 1.165) is 18.5 Å². The van der Waals surface area contributed by atoms with Crippen molar-refractivity contribution in [3.05, 3.63) is 28.7 Å². The van der Waals surface area contributed by atoms with E-state index in [2.05, 4.69) is 20.1 Å². The molecule has 1 amide bonds. The summed E-state index contributed by atoms with van der Waals surface area (Å²) in [6, 6.07) is 1.11. The molecule has 1 saturated carbocycles. The standard InChI is InChI=1S/C25H33ClF4N4O6S/c1-5-34-20(15-11-31-13(8-16(15)40-23(29)30)10-24(2,3)22(27)28)18(26)19(33-34)21(36)32-12-25(37)7-6-14(9-17(25)35)41(4,38)39/h8,11,14,17,22-23,35,37H,5-7,9-10,12H2,1-4H3,(H,32,36)/t14-,17-,25-/m0/s1. The minimum absolute atomic E-state index is 0.00884. The first-order chi connectivity index (χ1) is 18.9. The number of hydrogen-bond acceptors (Lipinski definition) is 8. The number of aliphatic hydroxyl groups is 2. The lowest BCUT2D eigenvalue weighted by molar-refractivity contribution is -0.0950. The van der Waals surface area contributed by atoms with E-state index in [4.69, 9.17) is 11.6 Å². The molecule has 3 N–H and O–H groups in total. The molecule has 0 aliphatic heterocycles. The normalized spacial score (nSPS) is 21.9. The van der Waals surface area contributed by atoms with Gasteiger partial charge in [-0.05, 0) is 26.2 Å². The van der Waals surface area contributed by atoms with Crippen molar-refractivity contribution in [3.63, 3.8) is 0 Å². The SMILES string of the molecule is CCn1nc(C(=O)NC[C@@]2(O)CC[C@H](S(C)(=O)=O)C[C@@H]2O)c(Cl)c1-c1cnc(CC(C)(C)C(F)F)cc1OC(F)F. The van der Waals surface area contributed by atoms with Crippen LogP contribution in [0.1, 0.15) is 56.2 Å². The van der Waals surface area contributed by atoms with E-state index < -0.39 is 63.4 Å². The third-order valence-corrected chi connectivity index (χ3v) is 9.19. The Morgan fingerprint density at radius 1 is 1.34 bits per heavy atom. The van der Waals surface area contributed by atoms with Crippen LogP contribution < -0.4 is 10.1 Å². The molecule has 0 unspecified atom stereocenters. The molecule has 10 nitrogen and oxygen atoms in total. The van der Waals surface area contributed by atoms with Gasteiger partial charge in [0, 0.05) is 49.1 Å². The van der Waals surface area contributed by atoms with Crippen LogP contribution in [0, 0.1) is 5.41 Å². The second kappa shape index (κ2) is 12.4. The number of halogens is 5. The smallest absolute Gasteiger partial charge is 0.387 e. The van der Waals surface area contributed by atoms with Gasteiger partial charge in [-0.2, -0.15) is 13.9 Å². The number of aliphatic hydroxyl groups excluding tert-OH is 1. The van der Waals surface area contributed by atoms with E-state index in [9.17, 15) is 41.0 Å². The van der Waals surface area contributed by atoms with Crippen LogP contribution in [0.3, 0.4) is 0 Å². The zero-order valence-electron chi connectivity index (χ0n) is 22.9. The minimum Gasteiger partial charge on any atom is -0.434 e. The number of carbonyl (C=O) groups is 1. The molecule has 230 valence electrons. The Balaban J connectivity index is 1.90. The third-order valence-electron chi connectivity index (χ3n) is 7.20. The van der Waals surface area contributed by atoms with Crippen molar-refractivity contribution in [2.24, 2.45) is 5.41 Å². The molecule has 2 aromatic rings. The first kappa shape index (κ1) is 33.0. The Labute approximate surface area is 240 Å². The molecule has 3 rings (SSSR count). The molecule has 3 atom stereocenters. The lowest BCUT2D eigenvalue weighted by Gasteiger charge is -2.39. The second-order valence-corrected chi connectivity index (χ2v) is 13.6. The van der Waals surface area contributed by atoms with Crippen LogP contribution in [-0.4, -0.2) is 82.1 Å². The summed E-state index contributed by atoms with van der Waals surface area (Å²) in [6.45, 7) is 0.685. The van der Waals surface area contributed by atoms with Crippen LogP contribution in [0.15, 0.2) is 12.3 Å². The number of carbonyl (C=O) groups excluding carboxylic acids is 1. The molecule has 0 spiro atoms. The van der Waals surface area contributed by atoms with Gasteiger partial charge >= 0.3 is 6.61 Å². The van der Waals surface area contributed by atoms with Gasteiger partial charge in [-0.15, -0.1) is 0 Å². The lowest BCUT2D eigenvalue weighted by atomic mass is 9.82. The minimum atomic E-state index is -3.43. The highest BCUT2D eigenvalue weighted by Crippen LogP contribution is 2.39. The molecule has 2 heterocycles. The predicted molar refractivity (Wildman–Crippen MR) is 142 cm³/mol. The molecule has 0 saturated heterocycles. The molecule has 1 aliphatic rings. The maximum Gasteiger partial charge on any atom is 0.387 e. The van der Waals surface area contributed by atoms with Gasteiger partial charge in [-0.25, -0.2) is 17.2 Å². The van der Waals surface area contributed by atoms with E-state index >= 15 is 0 Å². The predicted octanol–water partition coefficient (Wildman–Crippen LogP) is 3.47. The summed E-state index contributed by atoms with van der Waals surface area (Å²) >= 11 is 6.50. The number of aromatic nitrogens is 3. The summed E-state index contributed by atoms with van der Waals surface area (Å²) < 4.78 is 82.9. The average molecular weight is 629 g/mol. The van der Waals surface area contributed by atoms with Crippen molar-refractivity contribution in [1.82, 2.24) is 20.1 Å². The third kappa shape index (κ3) is 7.48. The number of pyridine rings is 1. The van der Waals surface area contributed by atoms with Gasteiger partial charge in [0.25, 0.3) is 5.91 Å². The zero-order valence-corrected chi connectivity index (χ0v) is 24.4. The largest absolute Gasteiger partial charge is 0.434 e. The summed E-state index contributed by atoms with van der Waals surface area (Å²) in [7, 11) is -3.43. The van der Waals surface area contributed by atoms with Crippen molar-refractivity contribution in [2.45, 2.75) is 83.0 Å². The molecule has 41 heavy (non-hydrogen) atoms. The number of hydrogen-bond donors (Lipinski definition) is 3. The Morgan fingerprint density at radius 2 is 2.00 bits per heavy atom. The highest BCUT2D eigenvalue weighted by Gasteiger charge is 2.44. The van der Waals surface area contributed by atoms with E-state index in [-0.39, 0.29) is 59.9 Å². The van der Waals surface area contributed by atoms with Crippen LogP contribution in [0.4, 0.5) is 17.6 Å². The van der Waals surface area contributed by atoms with Crippen molar-refractivity contribution in [2.75, 3.05) is 12.8 Å². The fourth-order valence-corrected chi connectivity index (χ4v) is 6.04. The van der Waals surface area contributed by atoms with Gasteiger partial charge < -0.3 is 20.3 Å². The highest BCUT2D eigenvalue weighted by atomic mass is 35.5. The van der Waals surface area contributed by atoms with Gasteiger partial charge in [0.05, 0.1) is 27.6 Å².